The van der Waals surface area contributed by atoms with Crippen LogP contribution in [-0.2, 0) is 6.42 Å². The molecule has 270 valence electrons. The fourth-order valence-corrected chi connectivity index (χ4v) is 9.44. The summed E-state index contributed by atoms with van der Waals surface area (Å²) in [6.07, 6.45) is 0.870. The van der Waals surface area contributed by atoms with Gasteiger partial charge in [0.15, 0.2) is 0 Å². The van der Waals surface area contributed by atoms with Crippen LogP contribution in [0.5, 0.6) is 0 Å². The van der Waals surface area contributed by atoms with Crippen molar-refractivity contribution in [3.05, 3.63) is 210 Å². The van der Waals surface area contributed by atoms with Gasteiger partial charge in [0.25, 0.3) is 0 Å². The first-order chi connectivity index (χ1) is 28.1. The lowest BCUT2D eigenvalue weighted by atomic mass is 9.86. The van der Waals surface area contributed by atoms with E-state index in [-0.39, 0.29) is 0 Å². The summed E-state index contributed by atoms with van der Waals surface area (Å²) < 4.78 is 0. The van der Waals surface area contributed by atoms with E-state index < -0.39 is 0 Å². The second-order valence-electron chi connectivity index (χ2n) is 15.4. The molecule has 0 spiro atoms. The van der Waals surface area contributed by atoms with Gasteiger partial charge >= 0.3 is 0 Å². The number of aryl methyl sites for hydroxylation is 1. The highest BCUT2D eigenvalue weighted by Crippen LogP contribution is 2.56. The normalized spacial score (nSPS) is 12.0. The molecule has 1 N–H and O–H groups in total. The zero-order valence-electron chi connectivity index (χ0n) is 32.1. The molecular weight excluding hydrogens is 689 g/mol. The first-order valence-electron chi connectivity index (χ1n) is 19.9. The van der Waals surface area contributed by atoms with Crippen LogP contribution in [0.4, 0.5) is 17.1 Å². The Labute approximate surface area is 333 Å². The predicted molar refractivity (Wildman–Crippen MR) is 242 cm³/mol. The van der Waals surface area contributed by atoms with Crippen LogP contribution in [-0.4, -0.2) is 4.98 Å². The van der Waals surface area contributed by atoms with E-state index in [1.54, 1.807) is 0 Å². The molecule has 0 saturated carbocycles. The van der Waals surface area contributed by atoms with Gasteiger partial charge in [-0.1, -0.05) is 176 Å². The van der Waals surface area contributed by atoms with Gasteiger partial charge in [-0.05, 0) is 81.4 Å². The van der Waals surface area contributed by atoms with Crippen LogP contribution in [0.1, 0.15) is 22.3 Å². The quantitative estimate of drug-likeness (QED) is 0.181. The lowest BCUT2D eigenvalue weighted by Crippen LogP contribution is -2.17. The minimum Gasteiger partial charge on any atom is -0.354 e. The highest BCUT2D eigenvalue weighted by atomic mass is 15.2. The van der Waals surface area contributed by atoms with Crippen molar-refractivity contribution in [3.63, 3.8) is 0 Å². The molecule has 0 fully saturated rings. The molecule has 0 radical (unpaired) electrons. The van der Waals surface area contributed by atoms with Gasteiger partial charge in [-0.3, -0.25) is 0 Å². The third-order valence-electron chi connectivity index (χ3n) is 12.2. The Morgan fingerprint density at radius 2 is 1.07 bits per heavy atom. The average Bonchev–Trinajstić information content (AvgIpc) is 3.84. The van der Waals surface area contributed by atoms with Gasteiger partial charge in [-0.15, -0.1) is 0 Å². The lowest BCUT2D eigenvalue weighted by molar-refractivity contribution is 1.17. The first kappa shape index (κ1) is 33.2. The van der Waals surface area contributed by atoms with Crippen LogP contribution in [0, 0.1) is 13.8 Å². The Bertz CT molecular complexity index is 3170. The zero-order valence-corrected chi connectivity index (χ0v) is 32.1. The van der Waals surface area contributed by atoms with Crippen LogP contribution in [0.25, 0.3) is 77.1 Å². The Morgan fingerprint density at radius 1 is 0.456 bits per heavy atom. The highest BCUT2D eigenvalue weighted by Gasteiger charge is 2.32. The monoisotopic (exact) mass is 728 g/mol. The molecule has 0 saturated heterocycles. The molecule has 2 heteroatoms. The molecule has 1 aromatic heterocycles. The Kier molecular flexibility index (Phi) is 7.72. The van der Waals surface area contributed by atoms with Gasteiger partial charge in [0.05, 0.1) is 22.6 Å². The Morgan fingerprint density at radius 3 is 1.89 bits per heavy atom. The Balaban J connectivity index is 1.37. The van der Waals surface area contributed by atoms with E-state index in [0.717, 1.165) is 28.8 Å². The maximum Gasteiger partial charge on any atom is 0.0625 e. The third-order valence-corrected chi connectivity index (χ3v) is 12.2. The summed E-state index contributed by atoms with van der Waals surface area (Å²) in [6.45, 7) is 4.61. The molecule has 2 nitrogen and oxygen atoms in total. The fourth-order valence-electron chi connectivity index (χ4n) is 9.44. The van der Waals surface area contributed by atoms with Crippen molar-refractivity contribution in [2.75, 3.05) is 4.90 Å². The van der Waals surface area contributed by atoms with Gasteiger partial charge < -0.3 is 9.88 Å². The second kappa shape index (κ2) is 13.3. The average molecular weight is 729 g/mol. The van der Waals surface area contributed by atoms with Gasteiger partial charge in [-0.25, -0.2) is 0 Å². The van der Waals surface area contributed by atoms with Crippen molar-refractivity contribution in [1.82, 2.24) is 4.98 Å². The predicted octanol–water partition coefficient (Wildman–Crippen LogP) is 15.1. The lowest BCUT2D eigenvalue weighted by Gasteiger charge is -2.35. The number of benzene rings is 9. The molecule has 0 atom stereocenters. The van der Waals surface area contributed by atoms with Crippen molar-refractivity contribution in [2.45, 2.75) is 20.3 Å². The number of anilines is 3. The summed E-state index contributed by atoms with van der Waals surface area (Å²) in [5, 5.41) is 4.87. The number of rotatable bonds is 6. The van der Waals surface area contributed by atoms with Gasteiger partial charge in [0.1, 0.15) is 0 Å². The number of aromatic amines is 1. The van der Waals surface area contributed by atoms with Crippen LogP contribution >= 0.6 is 0 Å². The molecule has 57 heavy (non-hydrogen) atoms. The maximum atomic E-state index is 3.91. The molecule has 0 aliphatic heterocycles. The molecule has 0 amide bonds. The van der Waals surface area contributed by atoms with Crippen molar-refractivity contribution < 1.29 is 0 Å². The Hall–Kier alpha value is -7.16. The number of hydrogen-bond acceptors (Lipinski definition) is 1. The number of para-hydroxylation sites is 2. The molecule has 11 rings (SSSR count). The largest absolute Gasteiger partial charge is 0.354 e. The molecule has 1 aliphatic rings. The summed E-state index contributed by atoms with van der Waals surface area (Å²) in [7, 11) is 0. The van der Waals surface area contributed by atoms with Crippen LogP contribution in [0.2, 0.25) is 0 Å². The van der Waals surface area contributed by atoms with E-state index in [2.05, 4.69) is 212 Å². The number of nitrogens with one attached hydrogen (secondary N) is 1. The number of nitrogens with zero attached hydrogens (tertiary/aromatic N) is 1. The van der Waals surface area contributed by atoms with Crippen molar-refractivity contribution >= 4 is 49.6 Å². The molecule has 0 unspecified atom stereocenters. The van der Waals surface area contributed by atoms with E-state index in [4.69, 9.17) is 0 Å². The molecule has 1 aliphatic carbocycles. The second-order valence-corrected chi connectivity index (χ2v) is 15.4. The van der Waals surface area contributed by atoms with Crippen LogP contribution in [0.15, 0.2) is 188 Å². The summed E-state index contributed by atoms with van der Waals surface area (Å²) in [5.74, 6) is 0. The molecule has 1 heterocycles. The molecular formula is C55H40N2. The van der Waals surface area contributed by atoms with E-state index in [1.165, 1.54) is 94.0 Å². The van der Waals surface area contributed by atoms with Crippen molar-refractivity contribution in [1.29, 1.82) is 0 Å². The summed E-state index contributed by atoms with van der Waals surface area (Å²) in [4.78, 5) is 6.57. The van der Waals surface area contributed by atoms with Crippen LogP contribution in [0.3, 0.4) is 0 Å². The minimum atomic E-state index is 0.870. The maximum absolute atomic E-state index is 3.91. The van der Waals surface area contributed by atoms with E-state index >= 15 is 0 Å². The number of hydrogen-bond donors (Lipinski definition) is 1. The SMILES string of the molecule is Cc1cc2c(c(N(c3c(-c4ccccc4)ccc(-c4ccccc4)c3-c3cccc4c3[nH]c3ccccc34)c3cccc4ccccc34)c1C)Cc1ccccc1-2. The fraction of sp³-hybridized carbons (Fsp3) is 0.0545. The zero-order chi connectivity index (χ0) is 38.0. The van der Waals surface area contributed by atoms with Crippen molar-refractivity contribution in [2.24, 2.45) is 0 Å². The van der Waals surface area contributed by atoms with Gasteiger partial charge in [0.2, 0.25) is 0 Å². The van der Waals surface area contributed by atoms with Gasteiger partial charge in [0, 0.05) is 44.8 Å². The first-order valence-corrected chi connectivity index (χ1v) is 19.9. The topological polar surface area (TPSA) is 19.0 Å². The van der Waals surface area contributed by atoms with Gasteiger partial charge in [-0.2, -0.15) is 0 Å². The van der Waals surface area contributed by atoms with E-state index in [0.29, 0.717) is 0 Å². The number of fused-ring (bicyclic) bond motifs is 7. The third kappa shape index (κ3) is 5.25. The summed E-state index contributed by atoms with van der Waals surface area (Å²) in [5.41, 5.74) is 20.9. The highest BCUT2D eigenvalue weighted by molar-refractivity contribution is 6.17. The standard InChI is InChI=1S/C55H40N2/c1-35-33-48-41-24-11-10-22-40(41)34-49(48)54(36(35)2)57(51-30-15-23-37-21-9-12-25-42(37)51)55-44(39-19-7-4-8-20-39)32-31-43(38-17-5-3-6-18-38)52(55)47-28-16-27-46-45-26-13-14-29-50(45)56-53(46)47/h3-33,56H,34H2,1-2H3. The number of H-pyrrole nitrogens is 1. The van der Waals surface area contributed by atoms with Crippen molar-refractivity contribution in [3.8, 4) is 44.5 Å². The molecule has 9 aromatic carbocycles. The molecule has 10 aromatic rings. The molecule has 0 bridgehead atoms. The minimum absolute atomic E-state index is 0.870. The smallest absolute Gasteiger partial charge is 0.0625 e. The van der Waals surface area contributed by atoms with E-state index in [1.807, 2.05) is 0 Å². The summed E-state index contributed by atoms with van der Waals surface area (Å²) >= 11 is 0. The summed E-state index contributed by atoms with van der Waals surface area (Å²) in [6, 6.07) is 69.2. The van der Waals surface area contributed by atoms with Crippen LogP contribution < -0.4 is 4.90 Å². The van der Waals surface area contributed by atoms with E-state index in [9.17, 15) is 0 Å². The number of aromatic nitrogens is 1.